The number of rotatable bonds is 4. The minimum absolute atomic E-state index is 0.108. The zero-order valence-corrected chi connectivity index (χ0v) is 8.95. The van der Waals surface area contributed by atoms with Crippen LogP contribution in [0.2, 0.25) is 0 Å². The molecule has 96 valence electrons. The first-order valence-corrected chi connectivity index (χ1v) is 4.63. The highest BCUT2D eigenvalue weighted by Gasteiger charge is 2.37. The quantitative estimate of drug-likeness (QED) is 0.744. The van der Waals surface area contributed by atoms with Crippen LogP contribution in [-0.2, 0) is 0 Å². The summed E-state index contributed by atoms with van der Waals surface area (Å²) < 4.78 is 40.8. The first kappa shape index (κ1) is 13.4. The molecule has 0 saturated heterocycles. The Balaban J connectivity index is 2.64. The predicted octanol–water partition coefficient (Wildman–Crippen LogP) is 1.01. The maximum atomic E-state index is 12.0. The summed E-state index contributed by atoms with van der Waals surface area (Å²) in [7, 11) is 1.34. The highest BCUT2D eigenvalue weighted by atomic mass is 19.4. The average molecular weight is 251 g/mol. The predicted molar refractivity (Wildman–Crippen MR) is 55.8 cm³/mol. The molecule has 1 heterocycles. The highest BCUT2D eigenvalue weighted by molar-refractivity contribution is 5.53. The van der Waals surface area contributed by atoms with E-state index in [2.05, 4.69) is 10.3 Å². The summed E-state index contributed by atoms with van der Waals surface area (Å²) >= 11 is 0. The van der Waals surface area contributed by atoms with E-state index in [1.807, 2.05) is 0 Å². The van der Waals surface area contributed by atoms with Gasteiger partial charge in [-0.1, -0.05) is 0 Å². The van der Waals surface area contributed by atoms with Gasteiger partial charge in [-0.2, -0.15) is 18.2 Å². The topological polar surface area (TPSA) is 80.4 Å². The third-order valence-corrected chi connectivity index (χ3v) is 1.94. The lowest BCUT2D eigenvalue weighted by molar-refractivity contribution is -0.198. The van der Waals surface area contributed by atoms with E-state index in [1.165, 1.54) is 19.2 Å². The second kappa shape index (κ2) is 5.09. The molecule has 0 saturated carbocycles. The van der Waals surface area contributed by atoms with Crippen LogP contribution in [0.4, 0.5) is 24.7 Å². The first-order valence-electron chi connectivity index (χ1n) is 4.63. The molecular formula is C9H12F3N3O2. The zero-order chi connectivity index (χ0) is 13.1. The van der Waals surface area contributed by atoms with Crippen LogP contribution >= 0.6 is 0 Å². The van der Waals surface area contributed by atoms with Gasteiger partial charge in [-0.25, -0.2) is 0 Å². The van der Waals surface area contributed by atoms with E-state index in [9.17, 15) is 13.2 Å². The fraction of sp³-hybridized carbons (Fsp3) is 0.444. The Morgan fingerprint density at radius 3 is 2.71 bits per heavy atom. The number of halogens is 3. The van der Waals surface area contributed by atoms with E-state index in [0.717, 1.165) is 0 Å². The molecule has 0 bridgehead atoms. The Labute approximate surface area is 95.4 Å². The fourth-order valence-corrected chi connectivity index (χ4v) is 1.03. The van der Waals surface area contributed by atoms with Crippen molar-refractivity contribution in [1.29, 1.82) is 0 Å². The van der Waals surface area contributed by atoms with Crippen LogP contribution in [-0.4, -0.2) is 36.0 Å². The molecule has 1 unspecified atom stereocenters. The van der Waals surface area contributed by atoms with Gasteiger partial charge < -0.3 is 20.9 Å². The number of aromatic nitrogens is 1. The van der Waals surface area contributed by atoms with Gasteiger partial charge in [-0.15, -0.1) is 0 Å². The van der Waals surface area contributed by atoms with Crippen LogP contribution in [0, 0.1) is 0 Å². The Bertz CT molecular complexity index is 384. The summed E-state index contributed by atoms with van der Waals surface area (Å²) in [6.45, 7) is -0.691. The maximum absolute atomic E-state index is 12.0. The van der Waals surface area contributed by atoms with Gasteiger partial charge in [0, 0.05) is 0 Å². The number of nitrogens with zero attached hydrogens (tertiary/aromatic N) is 1. The Morgan fingerprint density at radius 1 is 1.53 bits per heavy atom. The monoisotopic (exact) mass is 251 g/mol. The van der Waals surface area contributed by atoms with E-state index < -0.39 is 18.8 Å². The molecule has 0 spiro atoms. The Kier molecular flexibility index (Phi) is 4.00. The number of methoxy groups -OCH3 is 1. The maximum Gasteiger partial charge on any atom is 0.416 e. The lowest BCUT2D eigenvalue weighted by atomic mass is 10.3. The molecule has 0 aliphatic rings. The van der Waals surface area contributed by atoms with Crippen molar-refractivity contribution in [1.82, 2.24) is 4.98 Å². The van der Waals surface area contributed by atoms with Gasteiger partial charge in [0.1, 0.15) is 5.82 Å². The molecule has 0 radical (unpaired) electrons. The van der Waals surface area contributed by atoms with Crippen molar-refractivity contribution in [3.63, 3.8) is 0 Å². The number of nitrogen functional groups attached to an aromatic ring is 1. The number of nitrogens with two attached hydrogens (primary N) is 1. The van der Waals surface area contributed by atoms with Crippen LogP contribution in [0.1, 0.15) is 0 Å². The summed E-state index contributed by atoms with van der Waals surface area (Å²) in [5, 5.41) is 11.1. The molecule has 1 atom stereocenters. The van der Waals surface area contributed by atoms with Crippen LogP contribution in [0.5, 0.6) is 5.88 Å². The number of aliphatic hydroxyl groups is 1. The molecule has 1 rings (SSSR count). The van der Waals surface area contributed by atoms with Crippen molar-refractivity contribution in [3.8, 4) is 5.88 Å². The van der Waals surface area contributed by atoms with E-state index >= 15 is 0 Å². The molecule has 0 fully saturated rings. The molecular weight excluding hydrogens is 239 g/mol. The SMILES string of the molecule is COc1nc(NCC(O)C(F)(F)F)ccc1N. The van der Waals surface area contributed by atoms with Gasteiger partial charge >= 0.3 is 6.18 Å². The summed E-state index contributed by atoms with van der Waals surface area (Å²) in [6, 6.07) is 2.83. The number of anilines is 2. The molecule has 5 nitrogen and oxygen atoms in total. The smallest absolute Gasteiger partial charge is 0.416 e. The normalized spacial score (nSPS) is 13.2. The van der Waals surface area contributed by atoms with Gasteiger partial charge in [0.15, 0.2) is 6.10 Å². The van der Waals surface area contributed by atoms with E-state index in [-0.39, 0.29) is 17.4 Å². The first-order chi connectivity index (χ1) is 7.84. The standard InChI is InChI=1S/C9H12F3N3O2/c1-17-8-5(13)2-3-7(15-8)14-4-6(16)9(10,11)12/h2-3,6,16H,4,13H2,1H3,(H,14,15). The lowest BCUT2D eigenvalue weighted by Gasteiger charge is -2.15. The molecule has 0 aliphatic heterocycles. The van der Waals surface area contributed by atoms with Gasteiger partial charge in [-0.3, -0.25) is 0 Å². The summed E-state index contributed by atoms with van der Waals surface area (Å²) in [5.74, 6) is 0.246. The van der Waals surface area contributed by atoms with E-state index in [4.69, 9.17) is 15.6 Å². The molecule has 1 aromatic heterocycles. The third-order valence-electron chi connectivity index (χ3n) is 1.94. The number of alkyl halides is 3. The number of ether oxygens (including phenoxy) is 1. The van der Waals surface area contributed by atoms with Gasteiger partial charge in [0.25, 0.3) is 0 Å². The molecule has 0 amide bonds. The fourth-order valence-electron chi connectivity index (χ4n) is 1.03. The van der Waals surface area contributed by atoms with Crippen molar-refractivity contribution in [3.05, 3.63) is 12.1 Å². The van der Waals surface area contributed by atoms with Crippen LogP contribution in [0.25, 0.3) is 0 Å². The highest BCUT2D eigenvalue weighted by Crippen LogP contribution is 2.22. The van der Waals surface area contributed by atoms with Crippen molar-refractivity contribution in [2.24, 2.45) is 0 Å². The van der Waals surface area contributed by atoms with Crippen molar-refractivity contribution >= 4 is 11.5 Å². The van der Waals surface area contributed by atoms with Crippen molar-refractivity contribution < 1.29 is 23.0 Å². The van der Waals surface area contributed by atoms with E-state index in [0.29, 0.717) is 0 Å². The zero-order valence-electron chi connectivity index (χ0n) is 8.95. The molecule has 0 aliphatic carbocycles. The third kappa shape index (κ3) is 3.66. The molecule has 1 aromatic rings. The lowest BCUT2D eigenvalue weighted by Crippen LogP contribution is -2.35. The molecule has 0 aromatic carbocycles. The van der Waals surface area contributed by atoms with Crippen LogP contribution in [0.3, 0.4) is 0 Å². The Morgan fingerprint density at radius 2 is 2.18 bits per heavy atom. The van der Waals surface area contributed by atoms with Crippen molar-refractivity contribution in [2.45, 2.75) is 12.3 Å². The number of hydrogen-bond acceptors (Lipinski definition) is 5. The molecule has 8 heteroatoms. The largest absolute Gasteiger partial charge is 0.479 e. The molecule has 4 N–H and O–H groups in total. The van der Waals surface area contributed by atoms with Crippen LogP contribution < -0.4 is 15.8 Å². The Hall–Kier alpha value is -1.70. The number of aliphatic hydroxyl groups excluding tert-OH is 1. The summed E-state index contributed by atoms with van der Waals surface area (Å²) in [6.07, 6.45) is -7.11. The van der Waals surface area contributed by atoms with Gasteiger partial charge in [-0.05, 0) is 12.1 Å². The minimum Gasteiger partial charge on any atom is -0.479 e. The number of pyridine rings is 1. The van der Waals surface area contributed by atoms with Gasteiger partial charge in [0.2, 0.25) is 5.88 Å². The average Bonchev–Trinajstić information content (AvgIpc) is 2.26. The number of nitrogens with one attached hydrogen (secondary N) is 1. The second-order valence-electron chi connectivity index (χ2n) is 3.23. The summed E-state index contributed by atoms with van der Waals surface area (Å²) in [4.78, 5) is 3.81. The molecule has 17 heavy (non-hydrogen) atoms. The summed E-state index contributed by atoms with van der Waals surface area (Å²) in [5.41, 5.74) is 5.75. The van der Waals surface area contributed by atoms with Gasteiger partial charge in [0.05, 0.1) is 19.3 Å². The second-order valence-corrected chi connectivity index (χ2v) is 3.23. The van der Waals surface area contributed by atoms with E-state index in [1.54, 1.807) is 0 Å². The van der Waals surface area contributed by atoms with Crippen LogP contribution in [0.15, 0.2) is 12.1 Å². The minimum atomic E-state index is -4.66. The van der Waals surface area contributed by atoms with Crippen molar-refractivity contribution in [2.75, 3.05) is 24.7 Å². The number of hydrogen-bond donors (Lipinski definition) is 3.